The van der Waals surface area contributed by atoms with Crippen molar-refractivity contribution < 1.29 is 9.59 Å². The molecule has 3 rings (SSSR count). The van der Waals surface area contributed by atoms with E-state index in [0.29, 0.717) is 16.8 Å². The minimum absolute atomic E-state index is 0.0266. The maximum Gasteiger partial charge on any atom is 0.257 e. The van der Waals surface area contributed by atoms with Gasteiger partial charge in [-0.25, -0.2) is 0 Å². The van der Waals surface area contributed by atoms with Crippen LogP contribution in [0.15, 0.2) is 54.7 Å². The van der Waals surface area contributed by atoms with E-state index in [-0.39, 0.29) is 11.7 Å². The molecule has 110 valence electrons. The molecule has 0 aliphatic carbocycles. The maximum absolute atomic E-state index is 12.5. The van der Waals surface area contributed by atoms with E-state index in [1.165, 1.54) is 6.92 Å². The molecular formula is C18H16N2O2. The van der Waals surface area contributed by atoms with Gasteiger partial charge in [-0.2, -0.15) is 0 Å². The molecule has 0 radical (unpaired) electrons. The van der Waals surface area contributed by atoms with Gasteiger partial charge in [0.2, 0.25) is 0 Å². The Morgan fingerprint density at radius 1 is 1.05 bits per heavy atom. The van der Waals surface area contributed by atoms with Crippen molar-refractivity contribution in [3.8, 4) is 0 Å². The molecule has 1 amide bonds. The molecule has 0 bridgehead atoms. The van der Waals surface area contributed by atoms with Crippen LogP contribution in [0.25, 0.3) is 10.9 Å². The van der Waals surface area contributed by atoms with Crippen LogP contribution in [0.3, 0.4) is 0 Å². The Morgan fingerprint density at radius 2 is 1.82 bits per heavy atom. The van der Waals surface area contributed by atoms with Crippen LogP contribution in [0, 0.1) is 0 Å². The lowest BCUT2D eigenvalue weighted by molar-refractivity contribution is 0.101. The van der Waals surface area contributed by atoms with Gasteiger partial charge in [0.15, 0.2) is 5.78 Å². The Labute approximate surface area is 128 Å². The van der Waals surface area contributed by atoms with Gasteiger partial charge >= 0.3 is 0 Å². The summed E-state index contributed by atoms with van der Waals surface area (Å²) in [6.07, 6.45) is 1.81. The summed E-state index contributed by atoms with van der Waals surface area (Å²) in [6.45, 7) is 1.51. The summed E-state index contributed by atoms with van der Waals surface area (Å²) in [5.74, 6) is -0.209. The number of fused-ring (bicyclic) bond motifs is 1. The van der Waals surface area contributed by atoms with Crippen LogP contribution in [0.5, 0.6) is 0 Å². The first kappa shape index (κ1) is 14.1. The van der Waals surface area contributed by atoms with Crippen molar-refractivity contribution in [2.75, 3.05) is 5.32 Å². The van der Waals surface area contributed by atoms with Crippen molar-refractivity contribution >= 4 is 28.3 Å². The quantitative estimate of drug-likeness (QED) is 0.749. The normalized spacial score (nSPS) is 10.6. The molecule has 2 aromatic carbocycles. The predicted octanol–water partition coefficient (Wildman–Crippen LogP) is 3.63. The number of nitrogens with one attached hydrogen (secondary N) is 1. The third kappa shape index (κ3) is 2.51. The predicted molar refractivity (Wildman–Crippen MR) is 87.3 cm³/mol. The van der Waals surface area contributed by atoms with Crippen LogP contribution in [0.4, 0.5) is 5.69 Å². The zero-order valence-electron chi connectivity index (χ0n) is 12.5. The smallest absolute Gasteiger partial charge is 0.257 e. The van der Waals surface area contributed by atoms with Crippen molar-refractivity contribution in [3.05, 3.63) is 65.9 Å². The van der Waals surface area contributed by atoms with Gasteiger partial charge in [-0.3, -0.25) is 9.59 Å². The topological polar surface area (TPSA) is 51.1 Å². The standard InChI is InChI=1S/C18H16N2O2/c1-12(21)13-6-5-7-14(10-13)19-18(22)16-11-20(2)17-9-4-3-8-15(16)17/h3-11H,1-2H3,(H,19,22). The number of hydrogen-bond acceptors (Lipinski definition) is 2. The van der Waals surface area contributed by atoms with Gasteiger partial charge in [0.05, 0.1) is 5.56 Å². The molecule has 1 N–H and O–H groups in total. The largest absolute Gasteiger partial charge is 0.350 e. The molecule has 0 spiro atoms. The van der Waals surface area contributed by atoms with E-state index in [1.807, 2.05) is 42.1 Å². The number of carbonyl (C=O) groups is 2. The number of hydrogen-bond donors (Lipinski definition) is 1. The Kier molecular flexibility index (Phi) is 3.51. The molecule has 0 aliphatic heterocycles. The Morgan fingerprint density at radius 3 is 2.59 bits per heavy atom. The average molecular weight is 292 g/mol. The first-order valence-electron chi connectivity index (χ1n) is 7.02. The molecule has 0 saturated heterocycles. The first-order chi connectivity index (χ1) is 10.6. The van der Waals surface area contributed by atoms with E-state index in [0.717, 1.165) is 10.9 Å². The number of amides is 1. The third-order valence-corrected chi connectivity index (χ3v) is 3.67. The van der Waals surface area contributed by atoms with E-state index >= 15 is 0 Å². The first-order valence-corrected chi connectivity index (χ1v) is 7.02. The van der Waals surface area contributed by atoms with Crippen molar-refractivity contribution in [3.63, 3.8) is 0 Å². The zero-order chi connectivity index (χ0) is 15.7. The number of para-hydroxylation sites is 1. The molecule has 3 aromatic rings. The molecule has 1 aromatic heterocycles. The van der Waals surface area contributed by atoms with Crippen molar-refractivity contribution in [2.24, 2.45) is 7.05 Å². The maximum atomic E-state index is 12.5. The molecule has 0 fully saturated rings. The van der Waals surface area contributed by atoms with Crippen molar-refractivity contribution in [1.82, 2.24) is 4.57 Å². The summed E-state index contributed by atoms with van der Waals surface area (Å²) < 4.78 is 1.93. The minimum atomic E-state index is -0.183. The Balaban J connectivity index is 1.94. The van der Waals surface area contributed by atoms with Crippen LogP contribution in [-0.4, -0.2) is 16.3 Å². The number of carbonyl (C=O) groups excluding carboxylic acids is 2. The van der Waals surface area contributed by atoms with Gasteiger partial charge in [-0.05, 0) is 25.1 Å². The summed E-state index contributed by atoms with van der Waals surface area (Å²) >= 11 is 0. The minimum Gasteiger partial charge on any atom is -0.350 e. The molecule has 4 heteroatoms. The fraction of sp³-hybridized carbons (Fsp3) is 0.111. The van der Waals surface area contributed by atoms with E-state index in [1.54, 1.807) is 24.3 Å². The molecule has 1 heterocycles. The molecule has 0 unspecified atom stereocenters. The lowest BCUT2D eigenvalue weighted by atomic mass is 10.1. The van der Waals surface area contributed by atoms with Gasteiger partial charge in [-0.15, -0.1) is 0 Å². The molecule has 0 aliphatic rings. The number of aryl methyl sites for hydroxylation is 1. The summed E-state index contributed by atoms with van der Waals surface area (Å²) in [5.41, 5.74) is 2.82. The number of ketones is 1. The Hall–Kier alpha value is -2.88. The number of benzene rings is 2. The summed E-state index contributed by atoms with van der Waals surface area (Å²) in [5, 5.41) is 3.76. The molecule has 0 saturated carbocycles. The highest BCUT2D eigenvalue weighted by Gasteiger charge is 2.14. The summed E-state index contributed by atoms with van der Waals surface area (Å²) in [6, 6.07) is 14.7. The van der Waals surface area contributed by atoms with Gasteiger partial charge < -0.3 is 9.88 Å². The van der Waals surface area contributed by atoms with Gasteiger partial charge in [0.1, 0.15) is 0 Å². The fourth-order valence-electron chi connectivity index (χ4n) is 2.54. The average Bonchev–Trinajstić information content (AvgIpc) is 2.85. The lowest BCUT2D eigenvalue weighted by Crippen LogP contribution is -2.11. The SMILES string of the molecule is CC(=O)c1cccc(NC(=O)c2cn(C)c3ccccc23)c1. The van der Waals surface area contributed by atoms with Crippen LogP contribution < -0.4 is 5.32 Å². The van der Waals surface area contributed by atoms with Crippen LogP contribution >= 0.6 is 0 Å². The van der Waals surface area contributed by atoms with E-state index in [9.17, 15) is 9.59 Å². The summed E-state index contributed by atoms with van der Waals surface area (Å²) in [7, 11) is 1.91. The number of Topliss-reactive ketones (excluding diaryl/α,β-unsaturated/α-hetero) is 1. The van der Waals surface area contributed by atoms with E-state index in [4.69, 9.17) is 0 Å². The second-order valence-electron chi connectivity index (χ2n) is 5.26. The monoisotopic (exact) mass is 292 g/mol. The molecule has 22 heavy (non-hydrogen) atoms. The number of anilines is 1. The van der Waals surface area contributed by atoms with E-state index in [2.05, 4.69) is 5.32 Å². The van der Waals surface area contributed by atoms with Crippen LogP contribution in [0.1, 0.15) is 27.6 Å². The third-order valence-electron chi connectivity index (χ3n) is 3.67. The van der Waals surface area contributed by atoms with Gasteiger partial charge in [0.25, 0.3) is 5.91 Å². The van der Waals surface area contributed by atoms with Crippen LogP contribution in [0.2, 0.25) is 0 Å². The van der Waals surface area contributed by atoms with Crippen molar-refractivity contribution in [1.29, 1.82) is 0 Å². The molecule has 0 atom stereocenters. The van der Waals surface area contributed by atoms with Crippen LogP contribution in [-0.2, 0) is 7.05 Å². The van der Waals surface area contributed by atoms with Gasteiger partial charge in [-0.1, -0.05) is 30.3 Å². The second kappa shape index (κ2) is 5.48. The highest BCUT2D eigenvalue weighted by atomic mass is 16.1. The Bertz CT molecular complexity index is 878. The van der Waals surface area contributed by atoms with E-state index < -0.39 is 0 Å². The number of rotatable bonds is 3. The van der Waals surface area contributed by atoms with Crippen molar-refractivity contribution in [2.45, 2.75) is 6.92 Å². The second-order valence-corrected chi connectivity index (χ2v) is 5.26. The fourth-order valence-corrected chi connectivity index (χ4v) is 2.54. The number of aromatic nitrogens is 1. The summed E-state index contributed by atoms with van der Waals surface area (Å²) in [4.78, 5) is 23.9. The highest BCUT2D eigenvalue weighted by molar-refractivity contribution is 6.13. The number of nitrogens with zero attached hydrogens (tertiary/aromatic N) is 1. The van der Waals surface area contributed by atoms with Gasteiger partial charge in [0, 0.05) is 35.4 Å². The zero-order valence-corrected chi connectivity index (χ0v) is 12.5. The highest BCUT2D eigenvalue weighted by Crippen LogP contribution is 2.21. The molecule has 4 nitrogen and oxygen atoms in total. The molecular weight excluding hydrogens is 276 g/mol. The lowest BCUT2D eigenvalue weighted by Gasteiger charge is -2.05.